The monoisotopic (exact) mass is 410 g/mol. The molecule has 2 aromatic rings. The smallest absolute Gasteiger partial charge is 0.160 e. The van der Waals surface area contributed by atoms with Gasteiger partial charge in [-0.1, -0.05) is 26.0 Å². The maximum Gasteiger partial charge on any atom is 0.160 e. The highest BCUT2D eigenvalue weighted by atomic mass is 19.1. The second kappa shape index (κ2) is 10.2. The van der Waals surface area contributed by atoms with Crippen LogP contribution in [0.4, 0.5) is 10.2 Å². The highest BCUT2D eigenvalue weighted by Gasteiger charge is 2.28. The third kappa shape index (κ3) is 4.96. The number of halogens is 1. The standard InChI is InChI=1S/C23H31FN6/c1-4-7-20(26-5-2)10-9-18(14-19(24)15-25)21-8-6-12-29(21)22-11-13-30-23(28-22)17(3)16-27-30/h5,9,11,13-16,20-21,25-26H,2,4,6-8,10,12H2,1,3H3/b18-9-,19-14+,25-15?. The molecule has 2 atom stereocenters. The first-order valence-corrected chi connectivity index (χ1v) is 10.6. The van der Waals surface area contributed by atoms with Gasteiger partial charge >= 0.3 is 0 Å². The summed E-state index contributed by atoms with van der Waals surface area (Å²) in [5.74, 6) is 0.337. The summed E-state index contributed by atoms with van der Waals surface area (Å²) in [4.78, 5) is 7.05. The van der Waals surface area contributed by atoms with Crippen molar-refractivity contribution in [2.75, 3.05) is 11.4 Å². The Labute approximate surface area is 177 Å². The van der Waals surface area contributed by atoms with Crippen LogP contribution in [0.15, 0.2) is 54.8 Å². The van der Waals surface area contributed by atoms with Crippen molar-refractivity contribution in [3.63, 3.8) is 0 Å². The largest absolute Gasteiger partial charge is 0.388 e. The summed E-state index contributed by atoms with van der Waals surface area (Å²) in [5, 5.41) is 14.9. The molecule has 2 aromatic heterocycles. The first-order valence-electron chi connectivity index (χ1n) is 10.6. The zero-order valence-electron chi connectivity index (χ0n) is 17.8. The number of aryl methyl sites for hydroxylation is 1. The van der Waals surface area contributed by atoms with E-state index in [2.05, 4.69) is 34.9 Å². The van der Waals surface area contributed by atoms with E-state index in [1.807, 2.05) is 25.4 Å². The van der Waals surface area contributed by atoms with Gasteiger partial charge < -0.3 is 15.6 Å². The molecule has 1 fully saturated rings. The maximum atomic E-state index is 14.1. The van der Waals surface area contributed by atoms with Gasteiger partial charge in [0.1, 0.15) is 11.6 Å². The van der Waals surface area contributed by atoms with Gasteiger partial charge in [0.2, 0.25) is 0 Å². The number of rotatable bonds is 10. The van der Waals surface area contributed by atoms with Crippen LogP contribution in [-0.4, -0.2) is 39.4 Å². The Bertz CT molecular complexity index is 944. The van der Waals surface area contributed by atoms with E-state index in [1.54, 1.807) is 10.7 Å². The fourth-order valence-corrected chi connectivity index (χ4v) is 4.08. The Balaban J connectivity index is 1.92. The molecule has 0 aromatic carbocycles. The fourth-order valence-electron chi connectivity index (χ4n) is 4.08. The summed E-state index contributed by atoms with van der Waals surface area (Å²) in [5.41, 5.74) is 2.76. The third-order valence-corrected chi connectivity index (χ3v) is 5.53. The average molecular weight is 411 g/mol. The quantitative estimate of drug-likeness (QED) is 0.439. The summed E-state index contributed by atoms with van der Waals surface area (Å²) in [6.07, 6.45) is 14.6. The van der Waals surface area contributed by atoms with Crippen LogP contribution >= 0.6 is 0 Å². The summed E-state index contributed by atoms with van der Waals surface area (Å²) in [6.45, 7) is 8.78. The normalized spacial score (nSPS) is 18.6. The molecule has 160 valence electrons. The number of fused-ring (bicyclic) bond motifs is 1. The van der Waals surface area contributed by atoms with Crippen molar-refractivity contribution in [1.29, 1.82) is 5.41 Å². The molecule has 1 saturated heterocycles. The Morgan fingerprint density at radius 1 is 1.50 bits per heavy atom. The molecule has 3 rings (SSSR count). The third-order valence-electron chi connectivity index (χ3n) is 5.53. The van der Waals surface area contributed by atoms with Crippen LogP contribution in [0, 0.1) is 12.3 Å². The molecule has 2 N–H and O–H groups in total. The first-order chi connectivity index (χ1) is 14.6. The van der Waals surface area contributed by atoms with Gasteiger partial charge in [0.05, 0.1) is 18.5 Å². The molecular weight excluding hydrogens is 379 g/mol. The molecule has 2 unspecified atom stereocenters. The lowest BCUT2D eigenvalue weighted by Crippen LogP contribution is -2.32. The van der Waals surface area contributed by atoms with Gasteiger partial charge in [0.15, 0.2) is 5.65 Å². The van der Waals surface area contributed by atoms with E-state index < -0.39 is 5.83 Å². The predicted octanol–water partition coefficient (Wildman–Crippen LogP) is 4.73. The SMILES string of the molecule is C=CNC(C/C=C(/C=C(/F)C=N)C1CCCN1c1ccn2ncc(C)c2n1)CCC. The second-order valence-corrected chi connectivity index (χ2v) is 7.70. The molecule has 0 bridgehead atoms. The zero-order chi connectivity index (χ0) is 21.5. The molecule has 0 radical (unpaired) electrons. The van der Waals surface area contributed by atoms with Gasteiger partial charge in [0.25, 0.3) is 0 Å². The van der Waals surface area contributed by atoms with Crippen molar-refractivity contribution in [3.8, 4) is 0 Å². The topological polar surface area (TPSA) is 69.3 Å². The van der Waals surface area contributed by atoms with Crippen LogP contribution in [0.5, 0.6) is 0 Å². The van der Waals surface area contributed by atoms with Gasteiger partial charge in [-0.2, -0.15) is 5.10 Å². The molecule has 1 aliphatic rings. The number of hydrogen-bond donors (Lipinski definition) is 2. The first kappa shape index (κ1) is 21.7. The summed E-state index contributed by atoms with van der Waals surface area (Å²) >= 11 is 0. The van der Waals surface area contributed by atoms with Crippen molar-refractivity contribution >= 4 is 17.7 Å². The average Bonchev–Trinajstić information content (AvgIpc) is 3.38. The Kier molecular flexibility index (Phi) is 7.38. The molecule has 0 aliphatic carbocycles. The molecular formula is C23H31FN6. The number of nitrogens with zero attached hydrogens (tertiary/aromatic N) is 4. The summed E-state index contributed by atoms with van der Waals surface area (Å²) in [6, 6.07) is 2.25. The van der Waals surface area contributed by atoms with Crippen LogP contribution in [0.3, 0.4) is 0 Å². The van der Waals surface area contributed by atoms with Gasteiger partial charge in [-0.15, -0.1) is 0 Å². The Hall–Kier alpha value is -2.96. The highest BCUT2D eigenvalue weighted by Crippen LogP contribution is 2.30. The van der Waals surface area contributed by atoms with E-state index in [0.717, 1.165) is 67.5 Å². The minimum absolute atomic E-state index is 0.0277. The van der Waals surface area contributed by atoms with Crippen LogP contribution < -0.4 is 10.2 Å². The molecule has 7 heteroatoms. The molecule has 30 heavy (non-hydrogen) atoms. The number of hydrogen-bond acceptors (Lipinski definition) is 5. The fraction of sp³-hybridized carbons (Fsp3) is 0.435. The summed E-state index contributed by atoms with van der Waals surface area (Å²) < 4.78 is 15.9. The second-order valence-electron chi connectivity index (χ2n) is 7.70. The van der Waals surface area contributed by atoms with E-state index in [1.165, 1.54) is 6.08 Å². The maximum absolute atomic E-state index is 14.1. The van der Waals surface area contributed by atoms with E-state index >= 15 is 0 Å². The van der Waals surface area contributed by atoms with Crippen LogP contribution in [0.1, 0.15) is 44.6 Å². The lowest BCUT2D eigenvalue weighted by Gasteiger charge is -2.27. The predicted molar refractivity (Wildman–Crippen MR) is 121 cm³/mol. The van der Waals surface area contributed by atoms with Gasteiger partial charge in [-0.05, 0) is 56.5 Å². The van der Waals surface area contributed by atoms with Gasteiger partial charge in [-0.25, -0.2) is 13.9 Å². The number of allylic oxidation sites excluding steroid dienone is 1. The molecule has 6 nitrogen and oxygen atoms in total. The highest BCUT2D eigenvalue weighted by molar-refractivity contribution is 5.73. The minimum Gasteiger partial charge on any atom is -0.388 e. The Morgan fingerprint density at radius 2 is 2.33 bits per heavy atom. The number of anilines is 1. The van der Waals surface area contributed by atoms with E-state index in [4.69, 9.17) is 10.4 Å². The van der Waals surface area contributed by atoms with Gasteiger partial charge in [-0.3, -0.25) is 0 Å². The van der Waals surface area contributed by atoms with Crippen LogP contribution in [0.25, 0.3) is 5.65 Å². The summed E-state index contributed by atoms with van der Waals surface area (Å²) in [7, 11) is 0. The van der Waals surface area contributed by atoms with E-state index in [9.17, 15) is 4.39 Å². The Morgan fingerprint density at radius 3 is 3.07 bits per heavy atom. The van der Waals surface area contributed by atoms with Crippen LogP contribution in [-0.2, 0) is 0 Å². The van der Waals surface area contributed by atoms with Crippen molar-refractivity contribution < 1.29 is 4.39 Å². The lowest BCUT2D eigenvalue weighted by molar-refractivity contribution is 0.539. The van der Waals surface area contributed by atoms with E-state index in [-0.39, 0.29) is 12.1 Å². The van der Waals surface area contributed by atoms with Crippen LogP contribution in [0.2, 0.25) is 0 Å². The molecule has 0 saturated carbocycles. The lowest BCUT2D eigenvalue weighted by atomic mass is 9.99. The van der Waals surface area contributed by atoms with Gasteiger partial charge in [0, 0.05) is 24.3 Å². The van der Waals surface area contributed by atoms with Crippen molar-refractivity contribution in [3.05, 3.63) is 60.4 Å². The zero-order valence-corrected chi connectivity index (χ0v) is 17.8. The molecule has 0 spiro atoms. The van der Waals surface area contributed by atoms with E-state index in [0.29, 0.717) is 0 Å². The molecule has 3 heterocycles. The number of aromatic nitrogens is 3. The molecule has 0 amide bonds. The molecule has 1 aliphatic heterocycles. The van der Waals surface area contributed by atoms with Crippen molar-refractivity contribution in [2.24, 2.45) is 0 Å². The number of nitrogens with one attached hydrogen (secondary N) is 2. The van der Waals surface area contributed by atoms with Crippen molar-refractivity contribution in [1.82, 2.24) is 19.9 Å². The van der Waals surface area contributed by atoms with Crippen molar-refractivity contribution in [2.45, 2.75) is 58.0 Å². The minimum atomic E-state index is -0.535.